The summed E-state index contributed by atoms with van der Waals surface area (Å²) < 4.78 is 5.37. The van der Waals surface area contributed by atoms with E-state index in [1.165, 1.54) is 10.5 Å². The Kier molecular flexibility index (Phi) is 5.64. The Morgan fingerprint density at radius 2 is 1.95 bits per heavy atom. The van der Waals surface area contributed by atoms with Gasteiger partial charge in [0, 0.05) is 18.0 Å². The fourth-order valence-electron chi connectivity index (χ4n) is 2.59. The summed E-state index contributed by atoms with van der Waals surface area (Å²) in [7, 11) is 0. The molecule has 2 rings (SSSR count). The molecule has 4 heteroatoms. The van der Waals surface area contributed by atoms with E-state index in [-0.39, 0.29) is 0 Å². The maximum absolute atomic E-state index is 11.6. The minimum absolute atomic E-state index is 0.427. The zero-order valence-corrected chi connectivity index (χ0v) is 13.1. The average molecular weight is 293 g/mol. The number of benzene rings is 1. The van der Waals surface area contributed by atoms with Crippen LogP contribution in [0, 0.1) is 0 Å². The molecule has 0 aromatic heterocycles. The lowest BCUT2D eigenvalue weighted by molar-refractivity contribution is -0.120. The van der Waals surface area contributed by atoms with Crippen molar-refractivity contribution in [1.29, 1.82) is 0 Å². The van der Waals surface area contributed by atoms with Crippen LogP contribution >= 0.6 is 11.8 Å². The SMILES string of the molecule is CCSc1ccc(CC(C)(C=O)N2CCOCC2)cc1. The molecule has 1 aliphatic heterocycles. The second kappa shape index (κ2) is 7.25. The molecule has 0 radical (unpaired) electrons. The normalized spacial score (nSPS) is 19.5. The van der Waals surface area contributed by atoms with Crippen LogP contribution in [0.15, 0.2) is 29.2 Å². The van der Waals surface area contributed by atoms with Crippen LogP contribution in [0.4, 0.5) is 0 Å². The van der Waals surface area contributed by atoms with Crippen LogP contribution < -0.4 is 0 Å². The van der Waals surface area contributed by atoms with Gasteiger partial charge in [0.1, 0.15) is 6.29 Å². The van der Waals surface area contributed by atoms with E-state index in [2.05, 4.69) is 36.1 Å². The van der Waals surface area contributed by atoms with Gasteiger partial charge in [0.2, 0.25) is 0 Å². The van der Waals surface area contributed by atoms with Crippen LogP contribution in [0.1, 0.15) is 19.4 Å². The van der Waals surface area contributed by atoms with Crippen LogP contribution in [-0.4, -0.2) is 48.8 Å². The van der Waals surface area contributed by atoms with E-state index in [0.29, 0.717) is 0 Å². The molecule has 1 saturated heterocycles. The predicted molar refractivity (Wildman–Crippen MR) is 83.4 cm³/mol. The molecule has 1 fully saturated rings. The zero-order chi connectivity index (χ0) is 14.4. The van der Waals surface area contributed by atoms with E-state index in [1.807, 2.05) is 18.7 Å². The maximum atomic E-state index is 11.6. The van der Waals surface area contributed by atoms with E-state index >= 15 is 0 Å². The molecule has 20 heavy (non-hydrogen) atoms. The van der Waals surface area contributed by atoms with Crippen molar-refractivity contribution in [1.82, 2.24) is 4.90 Å². The smallest absolute Gasteiger partial charge is 0.140 e. The summed E-state index contributed by atoms with van der Waals surface area (Å²) in [6.07, 6.45) is 1.85. The van der Waals surface area contributed by atoms with Crippen molar-refractivity contribution in [3.8, 4) is 0 Å². The first-order chi connectivity index (χ1) is 9.68. The van der Waals surface area contributed by atoms with E-state index < -0.39 is 5.54 Å². The van der Waals surface area contributed by atoms with Gasteiger partial charge in [-0.2, -0.15) is 0 Å². The van der Waals surface area contributed by atoms with Crippen LogP contribution in [-0.2, 0) is 16.0 Å². The number of aldehydes is 1. The van der Waals surface area contributed by atoms with Gasteiger partial charge in [-0.3, -0.25) is 4.90 Å². The lowest BCUT2D eigenvalue weighted by Gasteiger charge is -2.39. The number of nitrogens with zero attached hydrogens (tertiary/aromatic N) is 1. The lowest BCUT2D eigenvalue weighted by atomic mass is 9.92. The summed E-state index contributed by atoms with van der Waals surface area (Å²) in [6, 6.07) is 8.57. The summed E-state index contributed by atoms with van der Waals surface area (Å²) >= 11 is 1.84. The standard InChI is InChI=1S/C16H23NO2S/c1-3-20-15-6-4-14(5-7-15)12-16(2,13-18)17-8-10-19-11-9-17/h4-7,13H,3,8-12H2,1-2H3. The Balaban J connectivity index is 2.06. The van der Waals surface area contributed by atoms with Crippen molar-refractivity contribution >= 4 is 18.0 Å². The molecule has 1 atom stereocenters. The summed E-state index contributed by atoms with van der Waals surface area (Å²) in [5.74, 6) is 1.08. The van der Waals surface area contributed by atoms with Gasteiger partial charge in [-0.25, -0.2) is 0 Å². The fraction of sp³-hybridized carbons (Fsp3) is 0.562. The third-order valence-electron chi connectivity index (χ3n) is 3.78. The third-order valence-corrected chi connectivity index (χ3v) is 4.68. The van der Waals surface area contributed by atoms with Crippen molar-refractivity contribution in [3.63, 3.8) is 0 Å². The van der Waals surface area contributed by atoms with Crippen molar-refractivity contribution < 1.29 is 9.53 Å². The van der Waals surface area contributed by atoms with Crippen LogP contribution in [0.3, 0.4) is 0 Å². The highest BCUT2D eigenvalue weighted by Crippen LogP contribution is 2.23. The molecule has 0 spiro atoms. The van der Waals surface area contributed by atoms with Gasteiger partial charge in [-0.15, -0.1) is 11.8 Å². The molecular weight excluding hydrogens is 270 g/mol. The minimum Gasteiger partial charge on any atom is -0.379 e. The van der Waals surface area contributed by atoms with Gasteiger partial charge in [-0.05, 0) is 36.8 Å². The van der Waals surface area contributed by atoms with Crippen molar-refractivity contribution in [2.75, 3.05) is 32.1 Å². The Labute approximate surface area is 125 Å². The van der Waals surface area contributed by atoms with Crippen LogP contribution in [0.2, 0.25) is 0 Å². The summed E-state index contributed by atoms with van der Waals surface area (Å²) in [5.41, 5.74) is 0.787. The van der Waals surface area contributed by atoms with Crippen LogP contribution in [0.25, 0.3) is 0 Å². The van der Waals surface area contributed by atoms with Gasteiger partial charge < -0.3 is 9.53 Å². The maximum Gasteiger partial charge on any atom is 0.140 e. The second-order valence-electron chi connectivity index (χ2n) is 5.33. The number of thioether (sulfide) groups is 1. The number of rotatable bonds is 6. The zero-order valence-electron chi connectivity index (χ0n) is 12.3. The summed E-state index contributed by atoms with van der Waals surface area (Å²) in [5, 5.41) is 0. The molecule has 0 saturated carbocycles. The Morgan fingerprint density at radius 3 is 2.50 bits per heavy atom. The molecule has 0 amide bonds. The number of hydrogen-bond acceptors (Lipinski definition) is 4. The highest BCUT2D eigenvalue weighted by Gasteiger charge is 2.32. The minimum atomic E-state index is -0.427. The summed E-state index contributed by atoms with van der Waals surface area (Å²) in [6.45, 7) is 7.28. The first-order valence-electron chi connectivity index (χ1n) is 7.19. The monoisotopic (exact) mass is 293 g/mol. The molecule has 1 aliphatic rings. The largest absolute Gasteiger partial charge is 0.379 e. The number of carbonyl (C=O) groups excluding carboxylic acids is 1. The van der Waals surface area contributed by atoms with Gasteiger partial charge >= 0.3 is 0 Å². The molecule has 0 N–H and O–H groups in total. The molecule has 110 valence electrons. The molecule has 3 nitrogen and oxygen atoms in total. The van der Waals surface area contributed by atoms with Crippen molar-refractivity contribution in [3.05, 3.63) is 29.8 Å². The number of morpholine rings is 1. The third kappa shape index (κ3) is 3.84. The molecule has 1 unspecified atom stereocenters. The topological polar surface area (TPSA) is 29.5 Å². The second-order valence-corrected chi connectivity index (χ2v) is 6.67. The van der Waals surface area contributed by atoms with Crippen molar-refractivity contribution in [2.24, 2.45) is 0 Å². The van der Waals surface area contributed by atoms with E-state index in [1.54, 1.807) is 0 Å². The summed E-state index contributed by atoms with van der Waals surface area (Å²) in [4.78, 5) is 15.1. The first-order valence-corrected chi connectivity index (χ1v) is 8.17. The van der Waals surface area contributed by atoms with E-state index in [0.717, 1.165) is 44.8 Å². The highest BCUT2D eigenvalue weighted by molar-refractivity contribution is 7.99. The molecular formula is C16H23NO2S. The van der Waals surface area contributed by atoms with E-state index in [4.69, 9.17) is 4.74 Å². The van der Waals surface area contributed by atoms with Crippen LogP contribution in [0.5, 0.6) is 0 Å². The Morgan fingerprint density at radius 1 is 1.30 bits per heavy atom. The van der Waals surface area contributed by atoms with Gasteiger partial charge in [0.15, 0.2) is 0 Å². The lowest BCUT2D eigenvalue weighted by Crippen LogP contribution is -2.54. The molecule has 0 bridgehead atoms. The number of hydrogen-bond donors (Lipinski definition) is 0. The fourth-order valence-corrected chi connectivity index (χ4v) is 3.25. The predicted octanol–water partition coefficient (Wildman–Crippen LogP) is 2.63. The average Bonchev–Trinajstić information content (AvgIpc) is 2.50. The first kappa shape index (κ1) is 15.5. The highest BCUT2D eigenvalue weighted by atomic mass is 32.2. The van der Waals surface area contributed by atoms with Crippen molar-refractivity contribution in [2.45, 2.75) is 30.7 Å². The number of ether oxygens (including phenoxy) is 1. The van der Waals surface area contributed by atoms with Gasteiger partial charge in [0.25, 0.3) is 0 Å². The molecule has 1 heterocycles. The van der Waals surface area contributed by atoms with Gasteiger partial charge in [0.05, 0.1) is 18.8 Å². The van der Waals surface area contributed by atoms with E-state index in [9.17, 15) is 4.79 Å². The quantitative estimate of drug-likeness (QED) is 0.596. The van der Waals surface area contributed by atoms with Gasteiger partial charge in [-0.1, -0.05) is 19.1 Å². The molecule has 1 aromatic rings. The Hall–Kier alpha value is -0.840. The Bertz CT molecular complexity index is 429. The molecule has 0 aliphatic carbocycles. The molecule has 1 aromatic carbocycles. The number of carbonyl (C=O) groups is 1.